The predicted octanol–water partition coefficient (Wildman–Crippen LogP) is 3.88. The maximum absolute atomic E-state index is 12.9. The maximum atomic E-state index is 12.9. The Bertz CT molecular complexity index is 414. The summed E-state index contributed by atoms with van der Waals surface area (Å²) in [6, 6.07) is 5.96. The van der Waals surface area contributed by atoms with Gasteiger partial charge >= 0.3 is 5.97 Å². The summed E-state index contributed by atoms with van der Waals surface area (Å²) in [6.45, 7) is 4.19. The van der Waals surface area contributed by atoms with Crippen molar-refractivity contribution in [1.82, 2.24) is 0 Å². The molecule has 0 saturated heterocycles. The summed E-state index contributed by atoms with van der Waals surface area (Å²) < 4.78 is 18.3. The Labute approximate surface area is 113 Å². The van der Waals surface area contributed by atoms with Gasteiger partial charge in [0.05, 0.1) is 12.0 Å². The highest BCUT2D eigenvalue weighted by molar-refractivity contribution is 5.74. The molecule has 0 aliphatic heterocycles. The molecule has 0 saturated carbocycles. The lowest BCUT2D eigenvalue weighted by Crippen LogP contribution is -2.30. The van der Waals surface area contributed by atoms with Crippen molar-refractivity contribution in [2.75, 3.05) is 6.61 Å². The van der Waals surface area contributed by atoms with Crippen LogP contribution in [0.1, 0.15) is 39.5 Å². The van der Waals surface area contributed by atoms with Crippen LogP contribution in [0, 0.1) is 11.2 Å². The molecule has 0 amide bonds. The second-order valence-electron chi connectivity index (χ2n) is 4.70. The van der Waals surface area contributed by atoms with E-state index in [0.717, 1.165) is 0 Å². The summed E-state index contributed by atoms with van der Waals surface area (Å²) in [5, 5.41) is 9.29. The van der Waals surface area contributed by atoms with Gasteiger partial charge in [0.1, 0.15) is 11.6 Å². The Kier molecular flexibility index (Phi) is 5.80. The zero-order valence-electron chi connectivity index (χ0n) is 11.5. The van der Waals surface area contributed by atoms with Gasteiger partial charge in [0, 0.05) is 6.07 Å². The van der Waals surface area contributed by atoms with Crippen molar-refractivity contribution in [3.63, 3.8) is 0 Å². The van der Waals surface area contributed by atoms with Crippen LogP contribution in [0.2, 0.25) is 0 Å². The Morgan fingerprint density at radius 2 is 2.05 bits per heavy atom. The van der Waals surface area contributed by atoms with Crippen LogP contribution in [-0.2, 0) is 4.79 Å². The summed E-state index contributed by atoms with van der Waals surface area (Å²) in [5.74, 6) is -0.600. The van der Waals surface area contributed by atoms with E-state index in [1.54, 1.807) is 12.1 Å². The second kappa shape index (κ2) is 7.12. The Morgan fingerprint density at radius 3 is 2.58 bits per heavy atom. The van der Waals surface area contributed by atoms with Crippen LogP contribution in [0.15, 0.2) is 24.3 Å². The van der Waals surface area contributed by atoms with E-state index in [2.05, 4.69) is 0 Å². The van der Waals surface area contributed by atoms with Crippen LogP contribution < -0.4 is 4.74 Å². The van der Waals surface area contributed by atoms with Crippen LogP contribution in [-0.4, -0.2) is 17.7 Å². The quantitative estimate of drug-likeness (QED) is 0.728. The zero-order chi connectivity index (χ0) is 14.3. The number of ether oxygens (including phenoxy) is 1. The fourth-order valence-corrected chi connectivity index (χ4v) is 2.17. The van der Waals surface area contributed by atoms with Gasteiger partial charge in [0.25, 0.3) is 0 Å². The zero-order valence-corrected chi connectivity index (χ0v) is 11.5. The number of carbonyl (C=O) groups is 1. The van der Waals surface area contributed by atoms with Gasteiger partial charge in [-0.25, -0.2) is 4.39 Å². The van der Waals surface area contributed by atoms with Gasteiger partial charge in [-0.15, -0.1) is 0 Å². The average molecular weight is 268 g/mol. The van der Waals surface area contributed by atoms with Crippen molar-refractivity contribution < 1.29 is 19.0 Å². The molecule has 0 spiro atoms. The number of benzene rings is 1. The van der Waals surface area contributed by atoms with Crippen molar-refractivity contribution in [1.29, 1.82) is 0 Å². The first-order chi connectivity index (χ1) is 9.04. The number of halogens is 1. The van der Waals surface area contributed by atoms with Crippen LogP contribution in [0.3, 0.4) is 0 Å². The Balaban J connectivity index is 2.43. The van der Waals surface area contributed by atoms with Crippen LogP contribution in [0.25, 0.3) is 0 Å². The molecular formula is C15H21FO3. The van der Waals surface area contributed by atoms with Crippen LogP contribution >= 0.6 is 0 Å². The molecule has 1 aromatic carbocycles. The molecule has 0 atom stereocenters. The van der Waals surface area contributed by atoms with Crippen LogP contribution in [0.4, 0.5) is 4.39 Å². The van der Waals surface area contributed by atoms with Crippen LogP contribution in [0.5, 0.6) is 5.75 Å². The topological polar surface area (TPSA) is 46.5 Å². The molecule has 0 unspecified atom stereocenters. The number of rotatable bonds is 8. The van der Waals surface area contributed by atoms with E-state index in [4.69, 9.17) is 4.74 Å². The molecule has 3 nitrogen and oxygen atoms in total. The van der Waals surface area contributed by atoms with Gasteiger partial charge in [0.15, 0.2) is 0 Å². The van der Waals surface area contributed by atoms with Crippen molar-refractivity contribution in [3.8, 4) is 5.75 Å². The third kappa shape index (κ3) is 4.23. The lowest BCUT2D eigenvalue weighted by Gasteiger charge is -2.26. The van der Waals surface area contributed by atoms with Gasteiger partial charge in [-0.2, -0.15) is 0 Å². The minimum absolute atomic E-state index is 0.334. The van der Waals surface area contributed by atoms with Crippen molar-refractivity contribution in [2.45, 2.75) is 39.5 Å². The molecule has 4 heteroatoms. The summed E-state index contributed by atoms with van der Waals surface area (Å²) >= 11 is 0. The standard InChI is InChI=1S/C15H21FO3/c1-3-15(4-2,14(17)18)9-6-10-19-13-8-5-7-12(16)11-13/h5,7-8,11H,3-4,6,9-10H2,1-2H3,(H,17,18). The van der Waals surface area contributed by atoms with Gasteiger partial charge in [-0.1, -0.05) is 19.9 Å². The lowest BCUT2D eigenvalue weighted by molar-refractivity contribution is -0.150. The third-order valence-corrected chi connectivity index (χ3v) is 3.67. The Hall–Kier alpha value is -1.58. The minimum Gasteiger partial charge on any atom is -0.493 e. The van der Waals surface area contributed by atoms with E-state index >= 15 is 0 Å². The second-order valence-corrected chi connectivity index (χ2v) is 4.70. The number of carboxylic acid groups (broad SMARTS) is 1. The van der Waals surface area contributed by atoms with Gasteiger partial charge in [-0.3, -0.25) is 4.79 Å². The van der Waals surface area contributed by atoms with E-state index in [9.17, 15) is 14.3 Å². The average Bonchev–Trinajstić information content (AvgIpc) is 2.39. The third-order valence-electron chi connectivity index (χ3n) is 3.67. The molecule has 106 valence electrons. The van der Waals surface area contributed by atoms with Crippen molar-refractivity contribution in [3.05, 3.63) is 30.1 Å². The van der Waals surface area contributed by atoms with E-state index in [1.165, 1.54) is 12.1 Å². The normalized spacial score (nSPS) is 11.3. The highest BCUT2D eigenvalue weighted by atomic mass is 19.1. The first-order valence-corrected chi connectivity index (χ1v) is 6.66. The molecule has 1 N–H and O–H groups in total. The summed E-state index contributed by atoms with van der Waals surface area (Å²) in [7, 11) is 0. The molecular weight excluding hydrogens is 247 g/mol. The molecule has 0 aliphatic carbocycles. The molecule has 19 heavy (non-hydrogen) atoms. The number of hydrogen-bond donors (Lipinski definition) is 1. The number of carboxylic acids is 1. The molecule has 0 aromatic heterocycles. The summed E-state index contributed by atoms with van der Waals surface area (Å²) in [5.41, 5.74) is -0.661. The van der Waals surface area contributed by atoms with Crippen molar-refractivity contribution in [2.24, 2.45) is 5.41 Å². The van der Waals surface area contributed by atoms with E-state index in [0.29, 0.717) is 38.0 Å². The first kappa shape index (κ1) is 15.5. The smallest absolute Gasteiger partial charge is 0.309 e. The minimum atomic E-state index is -0.747. The fourth-order valence-electron chi connectivity index (χ4n) is 2.17. The van der Waals surface area contributed by atoms with Crippen molar-refractivity contribution >= 4 is 5.97 Å². The highest BCUT2D eigenvalue weighted by Gasteiger charge is 2.33. The largest absolute Gasteiger partial charge is 0.493 e. The van der Waals surface area contributed by atoms with E-state index < -0.39 is 11.4 Å². The first-order valence-electron chi connectivity index (χ1n) is 6.66. The monoisotopic (exact) mass is 268 g/mol. The number of hydrogen-bond acceptors (Lipinski definition) is 2. The van der Waals surface area contributed by atoms with Gasteiger partial charge < -0.3 is 9.84 Å². The predicted molar refractivity (Wildman–Crippen MR) is 71.8 cm³/mol. The molecule has 1 aromatic rings. The molecule has 1 rings (SSSR count). The molecule has 0 fully saturated rings. The Morgan fingerprint density at radius 1 is 1.37 bits per heavy atom. The van der Waals surface area contributed by atoms with E-state index in [-0.39, 0.29) is 5.82 Å². The summed E-state index contributed by atoms with van der Waals surface area (Å²) in [6.07, 6.45) is 2.44. The molecule has 0 radical (unpaired) electrons. The lowest BCUT2D eigenvalue weighted by atomic mass is 9.78. The molecule has 0 bridgehead atoms. The summed E-state index contributed by atoms with van der Waals surface area (Å²) in [4.78, 5) is 11.3. The van der Waals surface area contributed by atoms with Gasteiger partial charge in [-0.05, 0) is 37.8 Å². The SMILES string of the molecule is CCC(CC)(CCCOc1cccc(F)c1)C(=O)O. The molecule has 0 aliphatic rings. The van der Waals surface area contributed by atoms with E-state index in [1.807, 2.05) is 13.8 Å². The highest BCUT2D eigenvalue weighted by Crippen LogP contribution is 2.32. The fraction of sp³-hybridized carbons (Fsp3) is 0.533. The maximum Gasteiger partial charge on any atom is 0.309 e. The van der Waals surface area contributed by atoms with Gasteiger partial charge in [0.2, 0.25) is 0 Å². The number of aliphatic carboxylic acids is 1. The molecule has 0 heterocycles.